The van der Waals surface area contributed by atoms with E-state index in [9.17, 15) is 4.79 Å². The minimum absolute atomic E-state index is 0.204. The van der Waals surface area contributed by atoms with Crippen molar-refractivity contribution in [3.05, 3.63) is 47.8 Å². The van der Waals surface area contributed by atoms with Crippen LogP contribution in [0.25, 0.3) is 0 Å². The van der Waals surface area contributed by atoms with Gasteiger partial charge in [-0.3, -0.25) is 9.89 Å². The lowest BCUT2D eigenvalue weighted by molar-refractivity contribution is 0.102. The van der Waals surface area contributed by atoms with Gasteiger partial charge in [0.15, 0.2) is 0 Å². The molecule has 0 unspecified atom stereocenters. The summed E-state index contributed by atoms with van der Waals surface area (Å²) in [6.45, 7) is 0.332. The molecule has 5 heteroatoms. The molecule has 1 aromatic heterocycles. The molecule has 4 N–H and O–H groups in total. The number of aromatic nitrogens is 2. The highest BCUT2D eigenvalue weighted by Crippen LogP contribution is 2.10. The summed E-state index contributed by atoms with van der Waals surface area (Å²) in [6, 6.07) is 7.23. The van der Waals surface area contributed by atoms with E-state index in [0.29, 0.717) is 17.8 Å². The van der Waals surface area contributed by atoms with Gasteiger partial charge in [0.25, 0.3) is 5.91 Å². The number of benzene rings is 1. The molecule has 90 valence electrons. The molecular weight excluding hydrogens is 228 g/mol. The standard InChI is InChI=1S/C13H12N4O/c14-7-1-2-10-3-5-12(6-4-10)17-13(18)11-8-15-16-9-11/h3-6,8-9H,7,14H2,(H,15,16)(H,17,18). The van der Waals surface area contributed by atoms with E-state index in [1.165, 1.54) is 12.4 Å². The number of carbonyl (C=O) groups excluding carboxylic acids is 1. The highest BCUT2D eigenvalue weighted by Gasteiger charge is 2.06. The summed E-state index contributed by atoms with van der Waals surface area (Å²) in [4.78, 5) is 11.7. The van der Waals surface area contributed by atoms with Gasteiger partial charge >= 0.3 is 0 Å². The van der Waals surface area contributed by atoms with E-state index >= 15 is 0 Å². The van der Waals surface area contributed by atoms with E-state index < -0.39 is 0 Å². The Balaban J connectivity index is 2.04. The number of anilines is 1. The summed E-state index contributed by atoms with van der Waals surface area (Å²) in [7, 11) is 0. The van der Waals surface area contributed by atoms with Crippen LogP contribution in [0.2, 0.25) is 0 Å². The number of carbonyl (C=O) groups is 1. The summed E-state index contributed by atoms with van der Waals surface area (Å²) < 4.78 is 0. The van der Waals surface area contributed by atoms with Crippen molar-refractivity contribution in [1.82, 2.24) is 10.2 Å². The lowest BCUT2D eigenvalue weighted by atomic mass is 10.2. The highest BCUT2D eigenvalue weighted by molar-refractivity contribution is 6.03. The first-order valence-corrected chi connectivity index (χ1v) is 5.39. The molecule has 1 aromatic carbocycles. The van der Waals surface area contributed by atoms with Crippen molar-refractivity contribution in [1.29, 1.82) is 0 Å². The third-order valence-corrected chi connectivity index (χ3v) is 2.24. The van der Waals surface area contributed by atoms with Crippen LogP contribution in [0.1, 0.15) is 15.9 Å². The van der Waals surface area contributed by atoms with Crippen molar-refractivity contribution in [2.45, 2.75) is 0 Å². The molecule has 0 fully saturated rings. The van der Waals surface area contributed by atoms with Gasteiger partial charge in [0.1, 0.15) is 0 Å². The fraction of sp³-hybridized carbons (Fsp3) is 0.0769. The molecule has 0 saturated heterocycles. The first-order valence-electron chi connectivity index (χ1n) is 5.39. The number of amides is 1. The second-order valence-electron chi connectivity index (χ2n) is 3.52. The molecule has 1 amide bonds. The number of hydrogen-bond acceptors (Lipinski definition) is 3. The smallest absolute Gasteiger partial charge is 0.258 e. The summed E-state index contributed by atoms with van der Waals surface area (Å²) >= 11 is 0. The van der Waals surface area contributed by atoms with Crippen molar-refractivity contribution in [2.24, 2.45) is 5.73 Å². The van der Waals surface area contributed by atoms with Crippen molar-refractivity contribution in [3.63, 3.8) is 0 Å². The maximum absolute atomic E-state index is 11.7. The molecule has 18 heavy (non-hydrogen) atoms. The van der Waals surface area contributed by atoms with E-state index in [4.69, 9.17) is 5.73 Å². The number of aromatic amines is 1. The number of hydrogen-bond donors (Lipinski definition) is 3. The molecule has 2 rings (SSSR count). The Morgan fingerprint density at radius 1 is 1.39 bits per heavy atom. The summed E-state index contributed by atoms with van der Waals surface area (Å²) in [5, 5.41) is 9.06. The zero-order valence-electron chi connectivity index (χ0n) is 9.60. The van der Waals surface area contributed by atoms with Crippen LogP contribution < -0.4 is 11.1 Å². The van der Waals surface area contributed by atoms with E-state index in [0.717, 1.165) is 5.56 Å². The van der Waals surface area contributed by atoms with Gasteiger partial charge < -0.3 is 11.1 Å². The van der Waals surface area contributed by atoms with Gasteiger partial charge in [-0.1, -0.05) is 11.8 Å². The van der Waals surface area contributed by atoms with Crippen LogP contribution in [0.5, 0.6) is 0 Å². The third-order valence-electron chi connectivity index (χ3n) is 2.24. The monoisotopic (exact) mass is 240 g/mol. The Kier molecular flexibility index (Phi) is 3.74. The molecular formula is C13H12N4O. The topological polar surface area (TPSA) is 83.8 Å². The lowest BCUT2D eigenvalue weighted by Gasteiger charge is -2.02. The second kappa shape index (κ2) is 5.66. The number of rotatable bonds is 2. The molecule has 5 nitrogen and oxygen atoms in total. The molecule has 0 spiro atoms. The number of nitrogens with one attached hydrogen (secondary N) is 2. The van der Waals surface area contributed by atoms with Crippen LogP contribution in [0.3, 0.4) is 0 Å². The van der Waals surface area contributed by atoms with Crippen LogP contribution in [0.4, 0.5) is 5.69 Å². The van der Waals surface area contributed by atoms with Crippen LogP contribution in [-0.2, 0) is 0 Å². The summed E-state index contributed by atoms with van der Waals surface area (Å²) in [5.74, 6) is 5.47. The largest absolute Gasteiger partial charge is 0.322 e. The van der Waals surface area contributed by atoms with Crippen molar-refractivity contribution >= 4 is 11.6 Å². The van der Waals surface area contributed by atoms with E-state index in [-0.39, 0.29) is 5.91 Å². The Labute approximate surface area is 104 Å². The molecule has 0 aliphatic rings. The van der Waals surface area contributed by atoms with Gasteiger partial charge in [0, 0.05) is 17.4 Å². The third kappa shape index (κ3) is 2.97. The number of nitrogens with zero attached hydrogens (tertiary/aromatic N) is 1. The minimum Gasteiger partial charge on any atom is -0.322 e. The normalized spacial score (nSPS) is 9.39. The van der Waals surface area contributed by atoms with Crippen LogP contribution in [0.15, 0.2) is 36.7 Å². The number of nitrogens with two attached hydrogens (primary N) is 1. The fourth-order valence-electron chi connectivity index (χ4n) is 1.37. The van der Waals surface area contributed by atoms with Gasteiger partial charge in [-0.25, -0.2) is 0 Å². The predicted octanol–water partition coefficient (Wildman–Crippen LogP) is 0.972. The van der Waals surface area contributed by atoms with Crippen molar-refractivity contribution in [3.8, 4) is 11.8 Å². The zero-order valence-corrected chi connectivity index (χ0v) is 9.60. The quantitative estimate of drug-likeness (QED) is 0.684. The Morgan fingerprint density at radius 2 is 2.17 bits per heavy atom. The maximum atomic E-state index is 11.7. The van der Waals surface area contributed by atoms with Crippen LogP contribution in [0, 0.1) is 11.8 Å². The van der Waals surface area contributed by atoms with Gasteiger partial charge in [0.2, 0.25) is 0 Å². The molecule has 0 aliphatic heterocycles. The molecule has 2 aromatic rings. The molecule has 0 bridgehead atoms. The molecule has 0 saturated carbocycles. The maximum Gasteiger partial charge on any atom is 0.258 e. The second-order valence-corrected chi connectivity index (χ2v) is 3.52. The Morgan fingerprint density at radius 3 is 2.78 bits per heavy atom. The fourth-order valence-corrected chi connectivity index (χ4v) is 1.37. The minimum atomic E-state index is -0.204. The van der Waals surface area contributed by atoms with E-state index in [1.807, 2.05) is 12.1 Å². The van der Waals surface area contributed by atoms with E-state index in [1.54, 1.807) is 12.1 Å². The lowest BCUT2D eigenvalue weighted by Crippen LogP contribution is -2.10. The van der Waals surface area contributed by atoms with Crippen LogP contribution in [-0.4, -0.2) is 22.6 Å². The molecule has 0 atom stereocenters. The highest BCUT2D eigenvalue weighted by atomic mass is 16.1. The summed E-state index contributed by atoms with van der Waals surface area (Å²) in [6.07, 6.45) is 3.01. The van der Waals surface area contributed by atoms with Crippen molar-refractivity contribution in [2.75, 3.05) is 11.9 Å². The number of H-pyrrole nitrogens is 1. The molecule has 1 heterocycles. The average Bonchev–Trinajstić information content (AvgIpc) is 2.92. The predicted molar refractivity (Wildman–Crippen MR) is 68.9 cm³/mol. The average molecular weight is 240 g/mol. The first-order chi connectivity index (χ1) is 8.79. The van der Waals surface area contributed by atoms with Gasteiger partial charge in [0.05, 0.1) is 18.3 Å². The summed E-state index contributed by atoms with van der Waals surface area (Å²) in [5.41, 5.74) is 7.35. The van der Waals surface area contributed by atoms with Crippen molar-refractivity contribution < 1.29 is 4.79 Å². The first kappa shape index (κ1) is 11.9. The molecule has 0 radical (unpaired) electrons. The van der Waals surface area contributed by atoms with E-state index in [2.05, 4.69) is 27.4 Å². The zero-order chi connectivity index (χ0) is 12.8. The molecule has 0 aliphatic carbocycles. The Hall–Kier alpha value is -2.58. The Bertz CT molecular complexity index is 576. The van der Waals surface area contributed by atoms with Gasteiger partial charge in [-0.15, -0.1) is 0 Å². The SMILES string of the molecule is NCC#Cc1ccc(NC(=O)c2cn[nH]c2)cc1. The van der Waals surface area contributed by atoms with Gasteiger partial charge in [-0.2, -0.15) is 5.10 Å². The van der Waals surface area contributed by atoms with Gasteiger partial charge in [-0.05, 0) is 24.3 Å². The van der Waals surface area contributed by atoms with Crippen LogP contribution >= 0.6 is 0 Å².